The molecule has 0 saturated carbocycles. The van der Waals surface area contributed by atoms with Gasteiger partial charge in [0.1, 0.15) is 0 Å². The second kappa shape index (κ2) is 22.8. The van der Waals surface area contributed by atoms with Crippen LogP contribution in [0.1, 0.15) is 149 Å². The molecule has 0 rings (SSSR count). The zero-order chi connectivity index (χ0) is 25.5. The van der Waals surface area contributed by atoms with Gasteiger partial charge in [-0.25, -0.2) is 0 Å². The largest absolute Gasteiger partial charge is 0.391 e. The van der Waals surface area contributed by atoms with Crippen molar-refractivity contribution >= 4 is 16.0 Å². The number of unbranched alkanes of at least 4 members (excludes halogenated alkanes) is 17. The maximum absolute atomic E-state index is 12.3. The molecule has 0 aliphatic carbocycles. The van der Waals surface area contributed by atoms with Crippen LogP contribution in [0.15, 0.2) is 0 Å². The van der Waals surface area contributed by atoms with Crippen LogP contribution in [0.5, 0.6) is 0 Å². The SMILES string of the molecule is CCCCCCCCCCCCC(O)C(CS(=O)(=O)O)NC(=O)CCCCCCCCCCC. The molecule has 7 heteroatoms. The molecule has 0 spiro atoms. The highest BCUT2D eigenvalue weighted by molar-refractivity contribution is 7.85. The van der Waals surface area contributed by atoms with E-state index in [0.717, 1.165) is 38.5 Å². The zero-order valence-electron chi connectivity index (χ0n) is 22.2. The van der Waals surface area contributed by atoms with E-state index in [1.54, 1.807) is 0 Å². The van der Waals surface area contributed by atoms with Crippen LogP contribution in [0.25, 0.3) is 0 Å². The molecule has 0 fully saturated rings. The summed E-state index contributed by atoms with van der Waals surface area (Å²) in [6.45, 7) is 4.43. The Morgan fingerprint density at radius 2 is 1.06 bits per heavy atom. The van der Waals surface area contributed by atoms with Gasteiger partial charge in [0.2, 0.25) is 5.91 Å². The van der Waals surface area contributed by atoms with Gasteiger partial charge in [0.05, 0.1) is 17.9 Å². The molecule has 0 saturated heterocycles. The van der Waals surface area contributed by atoms with Crippen LogP contribution in [-0.4, -0.2) is 41.9 Å². The number of nitrogens with one attached hydrogen (secondary N) is 1. The first-order valence-corrected chi connectivity index (χ1v) is 15.8. The smallest absolute Gasteiger partial charge is 0.266 e. The lowest BCUT2D eigenvalue weighted by molar-refractivity contribution is -0.122. The lowest BCUT2D eigenvalue weighted by atomic mass is 10.0. The first-order chi connectivity index (χ1) is 16.3. The van der Waals surface area contributed by atoms with Crippen LogP contribution in [0.3, 0.4) is 0 Å². The third kappa shape index (κ3) is 23.1. The van der Waals surface area contributed by atoms with Gasteiger partial charge in [0.25, 0.3) is 10.1 Å². The number of rotatable bonds is 25. The maximum atomic E-state index is 12.3. The summed E-state index contributed by atoms with van der Waals surface area (Å²) in [5, 5.41) is 13.1. The van der Waals surface area contributed by atoms with Gasteiger partial charge < -0.3 is 10.4 Å². The fourth-order valence-corrected chi connectivity index (χ4v) is 5.15. The van der Waals surface area contributed by atoms with E-state index in [-0.39, 0.29) is 5.91 Å². The molecule has 0 aliphatic heterocycles. The van der Waals surface area contributed by atoms with Crippen molar-refractivity contribution in [3.8, 4) is 0 Å². The van der Waals surface area contributed by atoms with Crippen LogP contribution >= 0.6 is 0 Å². The molecule has 204 valence electrons. The third-order valence-electron chi connectivity index (χ3n) is 6.56. The molecule has 0 radical (unpaired) electrons. The molecular weight excluding hydrogens is 450 g/mol. The van der Waals surface area contributed by atoms with E-state index in [0.29, 0.717) is 12.8 Å². The first-order valence-electron chi connectivity index (χ1n) is 14.2. The Kier molecular flexibility index (Phi) is 22.3. The van der Waals surface area contributed by atoms with Crippen molar-refractivity contribution in [2.24, 2.45) is 0 Å². The summed E-state index contributed by atoms with van der Waals surface area (Å²) in [7, 11) is -4.28. The summed E-state index contributed by atoms with van der Waals surface area (Å²) >= 11 is 0. The molecule has 2 unspecified atom stereocenters. The molecule has 34 heavy (non-hydrogen) atoms. The van der Waals surface area contributed by atoms with Crippen molar-refractivity contribution < 1.29 is 22.9 Å². The minimum atomic E-state index is -4.28. The monoisotopic (exact) mass is 505 g/mol. The van der Waals surface area contributed by atoms with E-state index in [1.807, 2.05) is 0 Å². The predicted octanol–water partition coefficient (Wildman–Crippen LogP) is 6.95. The normalized spacial score (nSPS) is 13.6. The van der Waals surface area contributed by atoms with Gasteiger partial charge in [-0.2, -0.15) is 8.42 Å². The van der Waals surface area contributed by atoms with E-state index in [4.69, 9.17) is 0 Å². The summed E-state index contributed by atoms with van der Waals surface area (Å²) in [4.78, 5) is 12.3. The topological polar surface area (TPSA) is 104 Å². The Morgan fingerprint density at radius 3 is 1.47 bits per heavy atom. The average Bonchev–Trinajstić information content (AvgIpc) is 2.77. The molecule has 1 amide bonds. The standard InChI is InChI=1S/C27H55NO5S/c1-3-5-7-9-11-13-15-16-18-20-22-26(29)25(24-34(31,32)33)28-27(30)23-21-19-17-14-12-10-8-6-4-2/h25-26,29H,3-24H2,1-2H3,(H,28,30)(H,31,32,33). The fraction of sp³-hybridized carbons (Fsp3) is 0.963. The summed E-state index contributed by atoms with van der Waals surface area (Å²) < 4.78 is 32.0. The van der Waals surface area contributed by atoms with E-state index >= 15 is 0 Å². The fourth-order valence-electron chi connectivity index (χ4n) is 4.39. The van der Waals surface area contributed by atoms with Crippen molar-refractivity contribution in [1.82, 2.24) is 5.32 Å². The van der Waals surface area contributed by atoms with Crippen molar-refractivity contribution in [3.05, 3.63) is 0 Å². The molecule has 0 heterocycles. The summed E-state index contributed by atoms with van der Waals surface area (Å²) in [6, 6.07) is -0.959. The van der Waals surface area contributed by atoms with Crippen LogP contribution in [0, 0.1) is 0 Å². The van der Waals surface area contributed by atoms with Crippen molar-refractivity contribution in [2.45, 2.75) is 161 Å². The van der Waals surface area contributed by atoms with Crippen molar-refractivity contribution in [3.63, 3.8) is 0 Å². The van der Waals surface area contributed by atoms with Crippen LogP contribution < -0.4 is 5.32 Å². The minimum absolute atomic E-state index is 0.251. The number of carbonyl (C=O) groups is 1. The number of aliphatic hydroxyl groups excluding tert-OH is 1. The minimum Gasteiger partial charge on any atom is -0.391 e. The Balaban J connectivity index is 4.07. The van der Waals surface area contributed by atoms with Gasteiger partial charge in [-0.3, -0.25) is 9.35 Å². The van der Waals surface area contributed by atoms with Crippen LogP contribution in [0.2, 0.25) is 0 Å². The van der Waals surface area contributed by atoms with Gasteiger partial charge in [0.15, 0.2) is 0 Å². The number of hydrogen-bond donors (Lipinski definition) is 3. The zero-order valence-corrected chi connectivity index (χ0v) is 23.1. The summed E-state index contributed by atoms with van der Waals surface area (Å²) in [5.41, 5.74) is 0. The van der Waals surface area contributed by atoms with Gasteiger partial charge in [-0.05, 0) is 12.8 Å². The van der Waals surface area contributed by atoms with E-state index in [1.165, 1.54) is 83.5 Å². The second-order valence-corrected chi connectivity index (χ2v) is 11.5. The number of aliphatic hydroxyl groups is 1. The molecule has 2 atom stereocenters. The molecule has 0 bridgehead atoms. The maximum Gasteiger partial charge on any atom is 0.266 e. The number of carbonyl (C=O) groups excluding carboxylic acids is 1. The van der Waals surface area contributed by atoms with Gasteiger partial charge >= 0.3 is 0 Å². The van der Waals surface area contributed by atoms with Crippen LogP contribution in [0.4, 0.5) is 0 Å². The van der Waals surface area contributed by atoms with Gasteiger partial charge in [-0.1, -0.05) is 129 Å². The Bertz CT molecular complexity index is 567. The molecule has 6 nitrogen and oxygen atoms in total. The second-order valence-electron chi connectivity index (χ2n) is 10.0. The molecule has 0 aromatic rings. The molecule has 0 aromatic carbocycles. The van der Waals surface area contributed by atoms with Gasteiger partial charge in [0, 0.05) is 6.42 Å². The Hall–Kier alpha value is -0.660. The van der Waals surface area contributed by atoms with Crippen molar-refractivity contribution in [1.29, 1.82) is 0 Å². The van der Waals surface area contributed by atoms with Gasteiger partial charge in [-0.15, -0.1) is 0 Å². The molecule has 0 aliphatic rings. The van der Waals surface area contributed by atoms with E-state index in [2.05, 4.69) is 19.2 Å². The summed E-state index contributed by atoms with van der Waals surface area (Å²) in [5.74, 6) is -0.895. The van der Waals surface area contributed by atoms with E-state index in [9.17, 15) is 22.9 Å². The molecule has 0 aromatic heterocycles. The Labute approximate surface area is 210 Å². The molecular formula is C27H55NO5S. The predicted molar refractivity (Wildman–Crippen MR) is 143 cm³/mol. The molecule has 3 N–H and O–H groups in total. The van der Waals surface area contributed by atoms with E-state index < -0.39 is 28.0 Å². The lowest BCUT2D eigenvalue weighted by Gasteiger charge is -2.23. The lowest BCUT2D eigenvalue weighted by Crippen LogP contribution is -2.47. The Morgan fingerprint density at radius 1 is 0.676 bits per heavy atom. The number of amides is 1. The van der Waals surface area contributed by atoms with Crippen LogP contribution in [-0.2, 0) is 14.9 Å². The summed E-state index contributed by atoms with van der Waals surface area (Å²) in [6.07, 6.45) is 22.0. The third-order valence-corrected chi connectivity index (χ3v) is 7.34. The van der Waals surface area contributed by atoms with Crippen molar-refractivity contribution in [2.75, 3.05) is 5.75 Å². The first kappa shape index (κ1) is 33.3. The quantitative estimate of drug-likeness (QED) is 0.0919. The highest BCUT2D eigenvalue weighted by Gasteiger charge is 2.25. The highest BCUT2D eigenvalue weighted by Crippen LogP contribution is 2.14. The average molecular weight is 506 g/mol. The number of hydrogen-bond acceptors (Lipinski definition) is 4. The highest BCUT2D eigenvalue weighted by atomic mass is 32.2.